The molecule has 2 amide bonds. The van der Waals surface area contributed by atoms with Crippen molar-refractivity contribution in [2.24, 2.45) is 5.73 Å². The fourth-order valence-electron chi connectivity index (χ4n) is 2.57. The molecule has 0 saturated carbocycles. The van der Waals surface area contributed by atoms with Gasteiger partial charge in [0, 0.05) is 10.4 Å². The van der Waals surface area contributed by atoms with Crippen molar-refractivity contribution < 1.29 is 14.3 Å². The molecule has 0 unspecified atom stereocenters. The number of nitrogens with one attached hydrogen (secondary N) is 2. The van der Waals surface area contributed by atoms with Gasteiger partial charge in [0.25, 0.3) is 11.8 Å². The van der Waals surface area contributed by atoms with Gasteiger partial charge in [-0.2, -0.15) is 0 Å². The van der Waals surface area contributed by atoms with E-state index in [-0.39, 0.29) is 11.0 Å². The van der Waals surface area contributed by atoms with E-state index in [1.165, 1.54) is 11.3 Å². The summed E-state index contributed by atoms with van der Waals surface area (Å²) in [7, 11) is 0. The number of benzene rings is 1. The number of unbranched alkanes of at least 4 members (excludes halogenated alkanes) is 2. The maximum atomic E-state index is 12.4. The number of carbonyl (C=O) groups is 2. The summed E-state index contributed by atoms with van der Waals surface area (Å²) in [5, 5.41) is 6.15. The van der Waals surface area contributed by atoms with Gasteiger partial charge in [0.05, 0.1) is 12.2 Å². The van der Waals surface area contributed by atoms with Crippen LogP contribution >= 0.6 is 23.6 Å². The normalized spacial score (nSPS) is 10.4. The zero-order valence-electron chi connectivity index (χ0n) is 16.3. The Bertz CT molecular complexity index is 860. The molecule has 1 aromatic heterocycles. The summed E-state index contributed by atoms with van der Waals surface area (Å²) in [6.07, 6.45) is 3.28. The second-order valence-electron chi connectivity index (χ2n) is 6.34. The van der Waals surface area contributed by atoms with Crippen LogP contribution in [-0.4, -0.2) is 23.5 Å². The summed E-state index contributed by atoms with van der Waals surface area (Å²) in [5.74, 6) is -0.155. The van der Waals surface area contributed by atoms with Crippen molar-refractivity contribution in [2.75, 3.05) is 11.9 Å². The molecule has 28 heavy (non-hydrogen) atoms. The summed E-state index contributed by atoms with van der Waals surface area (Å²) in [6.45, 7) is 6.52. The third-order valence-electron chi connectivity index (χ3n) is 4.22. The number of primary amides is 1. The van der Waals surface area contributed by atoms with Crippen molar-refractivity contribution in [2.45, 2.75) is 40.0 Å². The van der Waals surface area contributed by atoms with E-state index in [0.717, 1.165) is 35.5 Å². The number of hydrogen-bond acceptors (Lipinski definition) is 5. The minimum Gasteiger partial charge on any atom is -0.494 e. The molecule has 8 heteroatoms. The van der Waals surface area contributed by atoms with E-state index in [1.54, 1.807) is 24.3 Å². The van der Waals surface area contributed by atoms with Crippen molar-refractivity contribution in [1.82, 2.24) is 5.32 Å². The lowest BCUT2D eigenvalue weighted by Crippen LogP contribution is -2.34. The van der Waals surface area contributed by atoms with Crippen LogP contribution in [0.1, 0.15) is 57.3 Å². The van der Waals surface area contributed by atoms with E-state index < -0.39 is 5.91 Å². The van der Waals surface area contributed by atoms with Gasteiger partial charge in [0.15, 0.2) is 5.11 Å². The Labute approximate surface area is 174 Å². The molecule has 1 heterocycles. The van der Waals surface area contributed by atoms with Crippen LogP contribution in [-0.2, 0) is 0 Å². The molecule has 0 fully saturated rings. The minimum absolute atomic E-state index is 0.105. The van der Waals surface area contributed by atoms with Crippen LogP contribution in [0.4, 0.5) is 5.00 Å². The predicted molar refractivity (Wildman–Crippen MR) is 117 cm³/mol. The van der Waals surface area contributed by atoms with Crippen LogP contribution in [0, 0.1) is 13.8 Å². The van der Waals surface area contributed by atoms with Gasteiger partial charge in [-0.3, -0.25) is 14.9 Å². The van der Waals surface area contributed by atoms with Gasteiger partial charge in [-0.05, 0) is 62.3 Å². The molecule has 1 aromatic carbocycles. The van der Waals surface area contributed by atoms with Crippen molar-refractivity contribution in [3.63, 3.8) is 0 Å². The maximum absolute atomic E-state index is 12.4. The molecular formula is C20H25N3O3S2. The molecule has 0 bridgehead atoms. The lowest BCUT2D eigenvalue weighted by molar-refractivity contribution is 0.0975. The third kappa shape index (κ3) is 5.77. The number of thiocarbonyl (C=S) groups is 1. The van der Waals surface area contributed by atoms with Crippen LogP contribution in [0.3, 0.4) is 0 Å². The van der Waals surface area contributed by atoms with Gasteiger partial charge in [0.2, 0.25) is 0 Å². The number of rotatable bonds is 8. The second-order valence-corrected chi connectivity index (χ2v) is 7.97. The topological polar surface area (TPSA) is 93.4 Å². The molecule has 6 nitrogen and oxygen atoms in total. The minimum atomic E-state index is -0.534. The summed E-state index contributed by atoms with van der Waals surface area (Å²) in [4.78, 5) is 25.0. The predicted octanol–water partition coefficient (Wildman–Crippen LogP) is 4.16. The second kappa shape index (κ2) is 10.2. The van der Waals surface area contributed by atoms with Crippen LogP contribution in [0.2, 0.25) is 0 Å². The number of nitrogens with two attached hydrogens (primary N) is 1. The molecule has 0 spiro atoms. The number of ether oxygens (including phenoxy) is 1. The van der Waals surface area contributed by atoms with E-state index in [9.17, 15) is 9.59 Å². The number of amides is 2. The first-order chi connectivity index (χ1) is 13.3. The summed E-state index contributed by atoms with van der Waals surface area (Å²) in [6, 6.07) is 6.88. The lowest BCUT2D eigenvalue weighted by atomic mass is 10.1. The van der Waals surface area contributed by atoms with Gasteiger partial charge in [-0.1, -0.05) is 19.8 Å². The Morgan fingerprint density at radius 2 is 1.86 bits per heavy atom. The Balaban J connectivity index is 1.95. The molecule has 0 aliphatic carbocycles. The third-order valence-corrected chi connectivity index (χ3v) is 5.55. The highest BCUT2D eigenvalue weighted by molar-refractivity contribution is 7.80. The molecule has 4 N–H and O–H groups in total. The van der Waals surface area contributed by atoms with Gasteiger partial charge >= 0.3 is 0 Å². The van der Waals surface area contributed by atoms with Gasteiger partial charge in [-0.15, -0.1) is 11.3 Å². The molecule has 0 aliphatic rings. The van der Waals surface area contributed by atoms with Crippen molar-refractivity contribution >= 4 is 45.5 Å². The SMILES string of the molecule is CCCCCOc1ccc(C(=O)NC(=S)Nc2sc(C)c(C)c2C(N)=O)cc1. The number of anilines is 1. The Kier molecular flexibility index (Phi) is 7.95. The highest BCUT2D eigenvalue weighted by Crippen LogP contribution is 2.31. The monoisotopic (exact) mass is 419 g/mol. The molecule has 0 aliphatic heterocycles. The Hall–Kier alpha value is -2.45. The van der Waals surface area contributed by atoms with E-state index in [0.29, 0.717) is 22.7 Å². The molecule has 2 rings (SSSR count). The van der Waals surface area contributed by atoms with Crippen molar-refractivity contribution in [3.05, 3.63) is 45.8 Å². The zero-order chi connectivity index (χ0) is 20.7. The van der Waals surface area contributed by atoms with E-state index in [4.69, 9.17) is 22.7 Å². The average molecular weight is 420 g/mol. The largest absolute Gasteiger partial charge is 0.494 e. The van der Waals surface area contributed by atoms with Gasteiger partial charge in [0.1, 0.15) is 10.8 Å². The number of thiophene rings is 1. The van der Waals surface area contributed by atoms with Crippen LogP contribution < -0.4 is 21.1 Å². The highest BCUT2D eigenvalue weighted by atomic mass is 32.1. The quantitative estimate of drug-likeness (QED) is 0.441. The van der Waals surface area contributed by atoms with Crippen LogP contribution in [0.15, 0.2) is 24.3 Å². The molecular weight excluding hydrogens is 394 g/mol. The van der Waals surface area contributed by atoms with E-state index in [1.807, 2.05) is 13.8 Å². The molecule has 0 radical (unpaired) electrons. The molecule has 0 atom stereocenters. The maximum Gasteiger partial charge on any atom is 0.257 e. The Morgan fingerprint density at radius 3 is 2.46 bits per heavy atom. The average Bonchev–Trinajstić information content (AvgIpc) is 2.92. The first-order valence-electron chi connectivity index (χ1n) is 9.08. The van der Waals surface area contributed by atoms with Gasteiger partial charge < -0.3 is 15.8 Å². The smallest absolute Gasteiger partial charge is 0.257 e. The van der Waals surface area contributed by atoms with E-state index >= 15 is 0 Å². The lowest BCUT2D eigenvalue weighted by Gasteiger charge is -2.10. The standard InChI is InChI=1S/C20H25N3O3S2/c1-4-5-6-11-26-15-9-7-14(8-10-15)18(25)22-20(27)23-19-16(17(21)24)12(2)13(3)28-19/h7-10H,4-6,11H2,1-3H3,(H2,21,24)(H2,22,23,25,27). The van der Waals surface area contributed by atoms with Crippen molar-refractivity contribution in [3.8, 4) is 5.75 Å². The number of aryl methyl sites for hydroxylation is 1. The summed E-state index contributed by atoms with van der Waals surface area (Å²) in [5.41, 5.74) is 7.11. The number of hydrogen-bond donors (Lipinski definition) is 3. The van der Waals surface area contributed by atoms with E-state index in [2.05, 4.69) is 17.6 Å². The first kappa shape index (κ1) is 21.8. The fourth-order valence-corrected chi connectivity index (χ4v) is 3.90. The molecule has 0 saturated heterocycles. The fraction of sp³-hybridized carbons (Fsp3) is 0.350. The van der Waals surface area contributed by atoms with Crippen molar-refractivity contribution in [1.29, 1.82) is 0 Å². The first-order valence-corrected chi connectivity index (χ1v) is 10.3. The van der Waals surface area contributed by atoms with Crippen LogP contribution in [0.25, 0.3) is 0 Å². The summed E-state index contributed by atoms with van der Waals surface area (Å²) >= 11 is 6.57. The molecule has 150 valence electrons. The Morgan fingerprint density at radius 1 is 1.18 bits per heavy atom. The molecule has 2 aromatic rings. The highest BCUT2D eigenvalue weighted by Gasteiger charge is 2.18. The van der Waals surface area contributed by atoms with Crippen LogP contribution in [0.5, 0.6) is 5.75 Å². The van der Waals surface area contributed by atoms with Gasteiger partial charge in [-0.25, -0.2) is 0 Å². The number of carbonyl (C=O) groups excluding carboxylic acids is 2. The zero-order valence-corrected chi connectivity index (χ0v) is 17.9. The summed E-state index contributed by atoms with van der Waals surface area (Å²) < 4.78 is 5.64.